The minimum absolute atomic E-state index is 0.100. The monoisotopic (exact) mass is 308 g/mol. The zero-order valence-corrected chi connectivity index (χ0v) is 11.4. The van der Waals surface area contributed by atoms with E-state index in [1.165, 1.54) is 0 Å². The Kier molecular flexibility index (Phi) is 4.02. The van der Waals surface area contributed by atoms with Crippen LogP contribution in [-0.4, -0.2) is 38.7 Å². The standard InChI is InChI=1S/C12H12N4O6/c13-11(19)8-5-7(16(21)22)6-14(12(8)20)3-4-15-9(17)1-2-10(15)18/h5-6H,1-4H2,(H2,13,19). The zero-order chi connectivity index (χ0) is 16.4. The summed E-state index contributed by atoms with van der Waals surface area (Å²) in [6, 6.07) is 0.799. The van der Waals surface area contributed by atoms with Crippen LogP contribution in [0.15, 0.2) is 17.1 Å². The molecule has 10 heteroatoms. The minimum atomic E-state index is -1.09. The van der Waals surface area contributed by atoms with Crippen LogP contribution in [0, 0.1) is 10.1 Å². The fraction of sp³-hybridized carbons (Fsp3) is 0.333. The molecule has 2 rings (SSSR count). The maximum atomic E-state index is 12.0. The zero-order valence-electron chi connectivity index (χ0n) is 11.4. The van der Waals surface area contributed by atoms with Gasteiger partial charge in [-0.1, -0.05) is 0 Å². The third kappa shape index (κ3) is 2.85. The summed E-state index contributed by atoms with van der Waals surface area (Å²) in [5.74, 6) is -1.81. The highest BCUT2D eigenvalue weighted by molar-refractivity contribution is 6.01. The number of likely N-dealkylation sites (tertiary alicyclic amines) is 1. The van der Waals surface area contributed by atoms with Gasteiger partial charge in [0.2, 0.25) is 11.8 Å². The largest absolute Gasteiger partial charge is 0.365 e. The van der Waals surface area contributed by atoms with Crippen molar-refractivity contribution in [3.8, 4) is 0 Å². The molecule has 1 fully saturated rings. The van der Waals surface area contributed by atoms with Crippen LogP contribution in [0.1, 0.15) is 23.2 Å². The summed E-state index contributed by atoms with van der Waals surface area (Å²) in [5, 5.41) is 10.8. The van der Waals surface area contributed by atoms with Gasteiger partial charge in [0.05, 0.1) is 11.1 Å². The second-order valence-corrected chi connectivity index (χ2v) is 4.67. The van der Waals surface area contributed by atoms with E-state index in [2.05, 4.69) is 0 Å². The predicted octanol–water partition coefficient (Wildman–Crippen LogP) is -0.996. The summed E-state index contributed by atoms with van der Waals surface area (Å²) in [6.07, 6.45) is 1.16. The molecule has 1 aliphatic rings. The van der Waals surface area contributed by atoms with E-state index in [-0.39, 0.29) is 37.7 Å². The molecular formula is C12H12N4O6. The number of primary amides is 1. The van der Waals surface area contributed by atoms with Crippen molar-refractivity contribution in [3.05, 3.63) is 38.3 Å². The molecule has 0 radical (unpaired) electrons. The van der Waals surface area contributed by atoms with Crippen LogP contribution < -0.4 is 11.3 Å². The molecule has 0 aromatic carbocycles. The van der Waals surface area contributed by atoms with Crippen LogP contribution in [0.2, 0.25) is 0 Å². The van der Waals surface area contributed by atoms with Crippen molar-refractivity contribution >= 4 is 23.4 Å². The van der Waals surface area contributed by atoms with Crippen molar-refractivity contribution in [2.75, 3.05) is 6.54 Å². The van der Waals surface area contributed by atoms with Crippen LogP contribution in [-0.2, 0) is 16.1 Å². The third-order valence-corrected chi connectivity index (χ3v) is 3.27. The number of pyridine rings is 1. The average Bonchev–Trinajstić information content (AvgIpc) is 2.76. The number of hydrogen-bond donors (Lipinski definition) is 1. The van der Waals surface area contributed by atoms with Crippen molar-refractivity contribution in [1.82, 2.24) is 9.47 Å². The first-order valence-corrected chi connectivity index (χ1v) is 6.33. The number of rotatable bonds is 5. The summed E-state index contributed by atoms with van der Waals surface area (Å²) < 4.78 is 0.900. The Morgan fingerprint density at radius 1 is 1.23 bits per heavy atom. The predicted molar refractivity (Wildman–Crippen MR) is 71.8 cm³/mol. The lowest BCUT2D eigenvalue weighted by molar-refractivity contribution is -0.385. The lowest BCUT2D eigenvalue weighted by atomic mass is 10.2. The van der Waals surface area contributed by atoms with Crippen LogP contribution in [0.5, 0.6) is 0 Å². The van der Waals surface area contributed by atoms with Gasteiger partial charge in [-0.2, -0.15) is 0 Å². The highest BCUT2D eigenvalue weighted by Gasteiger charge is 2.28. The molecule has 1 aliphatic heterocycles. The molecule has 0 atom stereocenters. The second kappa shape index (κ2) is 5.76. The highest BCUT2D eigenvalue weighted by Crippen LogP contribution is 2.13. The SMILES string of the molecule is NC(=O)c1cc([N+](=O)[O-])cn(CCN2C(=O)CCC2=O)c1=O. The fourth-order valence-electron chi connectivity index (χ4n) is 2.14. The number of carbonyl (C=O) groups is 3. The molecule has 0 bridgehead atoms. The molecule has 1 aromatic rings. The number of nitrogens with two attached hydrogens (primary N) is 1. The number of nitrogens with zero attached hydrogens (tertiary/aromatic N) is 3. The van der Waals surface area contributed by atoms with Gasteiger partial charge in [0, 0.05) is 32.0 Å². The number of imide groups is 1. The van der Waals surface area contributed by atoms with Crippen molar-refractivity contribution in [3.63, 3.8) is 0 Å². The lowest BCUT2D eigenvalue weighted by Gasteiger charge is -2.14. The molecule has 3 amide bonds. The molecule has 2 N–H and O–H groups in total. The molecule has 0 unspecified atom stereocenters. The van der Waals surface area contributed by atoms with E-state index < -0.39 is 27.6 Å². The van der Waals surface area contributed by atoms with Crippen molar-refractivity contribution < 1.29 is 19.3 Å². The van der Waals surface area contributed by atoms with Gasteiger partial charge in [0.15, 0.2) is 0 Å². The first kappa shape index (κ1) is 15.4. The van der Waals surface area contributed by atoms with Crippen molar-refractivity contribution in [1.29, 1.82) is 0 Å². The normalized spacial score (nSPS) is 14.5. The number of hydrogen-bond acceptors (Lipinski definition) is 6. The highest BCUT2D eigenvalue weighted by atomic mass is 16.6. The van der Waals surface area contributed by atoms with Gasteiger partial charge < -0.3 is 10.3 Å². The Hall–Kier alpha value is -3.04. The number of aromatic nitrogens is 1. The summed E-state index contributed by atoms with van der Waals surface area (Å²) in [6.45, 7) is -0.255. The Morgan fingerprint density at radius 3 is 2.32 bits per heavy atom. The van der Waals surface area contributed by atoms with E-state index in [0.29, 0.717) is 0 Å². The van der Waals surface area contributed by atoms with Crippen LogP contribution in [0.25, 0.3) is 0 Å². The number of carbonyl (C=O) groups excluding carboxylic acids is 3. The Bertz CT molecular complexity index is 722. The van der Waals surface area contributed by atoms with Crippen molar-refractivity contribution in [2.24, 2.45) is 5.73 Å². The Labute approximate surface area is 123 Å². The molecule has 0 spiro atoms. The van der Waals surface area contributed by atoms with Gasteiger partial charge in [0.25, 0.3) is 17.2 Å². The fourth-order valence-corrected chi connectivity index (χ4v) is 2.14. The third-order valence-electron chi connectivity index (χ3n) is 3.27. The van der Waals surface area contributed by atoms with Crippen LogP contribution >= 0.6 is 0 Å². The molecular weight excluding hydrogens is 296 g/mol. The first-order chi connectivity index (χ1) is 10.3. The van der Waals surface area contributed by atoms with Gasteiger partial charge in [-0.05, 0) is 0 Å². The lowest BCUT2D eigenvalue weighted by Crippen LogP contribution is -2.36. The van der Waals surface area contributed by atoms with E-state index in [1.807, 2.05) is 0 Å². The quantitative estimate of drug-likeness (QED) is 0.419. The maximum absolute atomic E-state index is 12.0. The van der Waals surface area contributed by atoms with Gasteiger partial charge >= 0.3 is 0 Å². The van der Waals surface area contributed by atoms with E-state index in [0.717, 1.165) is 21.7 Å². The van der Waals surface area contributed by atoms with E-state index in [1.54, 1.807) is 0 Å². The molecule has 1 aromatic heterocycles. The summed E-state index contributed by atoms with van der Waals surface area (Å²) in [5.41, 5.74) is 3.21. The molecule has 22 heavy (non-hydrogen) atoms. The van der Waals surface area contributed by atoms with Crippen LogP contribution in [0.4, 0.5) is 5.69 Å². The Morgan fingerprint density at radius 2 is 1.82 bits per heavy atom. The van der Waals surface area contributed by atoms with E-state index in [4.69, 9.17) is 5.73 Å². The second-order valence-electron chi connectivity index (χ2n) is 4.67. The maximum Gasteiger partial charge on any atom is 0.286 e. The van der Waals surface area contributed by atoms with Crippen molar-refractivity contribution in [2.45, 2.75) is 19.4 Å². The first-order valence-electron chi connectivity index (χ1n) is 6.33. The molecule has 1 saturated heterocycles. The summed E-state index contributed by atoms with van der Waals surface area (Å²) >= 11 is 0. The number of nitro groups is 1. The molecule has 10 nitrogen and oxygen atoms in total. The topological polar surface area (TPSA) is 146 Å². The minimum Gasteiger partial charge on any atom is -0.365 e. The average molecular weight is 308 g/mol. The van der Waals surface area contributed by atoms with Gasteiger partial charge in [0.1, 0.15) is 5.56 Å². The summed E-state index contributed by atoms with van der Waals surface area (Å²) in [4.78, 5) is 57.2. The number of amides is 3. The molecule has 0 saturated carbocycles. The van der Waals surface area contributed by atoms with Gasteiger partial charge in [-0.15, -0.1) is 0 Å². The van der Waals surface area contributed by atoms with E-state index in [9.17, 15) is 29.3 Å². The van der Waals surface area contributed by atoms with Crippen LogP contribution in [0.3, 0.4) is 0 Å². The van der Waals surface area contributed by atoms with Gasteiger partial charge in [-0.25, -0.2) is 0 Å². The van der Waals surface area contributed by atoms with Gasteiger partial charge in [-0.3, -0.25) is 34.2 Å². The molecule has 2 heterocycles. The smallest absolute Gasteiger partial charge is 0.286 e. The molecule has 116 valence electrons. The van der Waals surface area contributed by atoms with E-state index >= 15 is 0 Å². The molecule has 0 aliphatic carbocycles. The Balaban J connectivity index is 2.32. The summed E-state index contributed by atoms with van der Waals surface area (Å²) in [7, 11) is 0.